The second kappa shape index (κ2) is 11.7. The van der Waals surface area contributed by atoms with Crippen LogP contribution in [0.2, 0.25) is 18.1 Å². The minimum Gasteiger partial charge on any atom is -0.411 e. The normalized spacial score (nSPS) is 12.9. The van der Waals surface area contributed by atoms with Crippen LogP contribution in [-0.2, 0) is 4.43 Å². The lowest BCUT2D eigenvalue weighted by molar-refractivity contribution is -0.890. The first-order chi connectivity index (χ1) is 9.95. The summed E-state index contributed by atoms with van der Waals surface area (Å²) in [6.07, 6.45) is 8.36. The molecule has 0 saturated carbocycles. The molecule has 0 heterocycles. The maximum atomic E-state index is 6.40. The Kier molecular flexibility index (Phi) is 11.7. The molecule has 0 rings (SSSR count). The van der Waals surface area contributed by atoms with Crippen molar-refractivity contribution in [2.45, 2.75) is 84.4 Å². The summed E-state index contributed by atoms with van der Waals surface area (Å²) in [5, 5.41) is 0. The van der Waals surface area contributed by atoms with Gasteiger partial charge in [-0.2, -0.15) is 0 Å². The van der Waals surface area contributed by atoms with Gasteiger partial charge in [-0.1, -0.05) is 53.4 Å². The topological polar surface area (TPSA) is 9.23 Å². The smallest absolute Gasteiger partial charge is 0.192 e. The van der Waals surface area contributed by atoms with Crippen LogP contribution in [0.3, 0.4) is 0 Å². The highest BCUT2D eigenvalue weighted by molar-refractivity contribution is 6.73. The van der Waals surface area contributed by atoms with Crippen molar-refractivity contribution < 1.29 is 8.91 Å². The van der Waals surface area contributed by atoms with Crippen molar-refractivity contribution in [3.05, 3.63) is 0 Å². The SMILES string of the molecule is CCCCCCCC[N+](C)(C)CCO[Si](CC)(CC)CC. The van der Waals surface area contributed by atoms with Crippen molar-refractivity contribution in [1.29, 1.82) is 0 Å². The van der Waals surface area contributed by atoms with E-state index in [9.17, 15) is 0 Å². The van der Waals surface area contributed by atoms with Gasteiger partial charge in [-0.3, -0.25) is 0 Å². The molecule has 0 aliphatic carbocycles. The number of likely N-dealkylation sites (N-methyl/N-ethyl adjacent to an activating group) is 1. The lowest BCUT2D eigenvalue weighted by atomic mass is 10.1. The Bertz CT molecular complexity index is 231. The number of hydrogen-bond acceptors (Lipinski definition) is 1. The molecule has 21 heavy (non-hydrogen) atoms. The molecule has 0 amide bonds. The number of nitrogens with zero attached hydrogens (tertiary/aromatic N) is 1. The fourth-order valence-electron chi connectivity index (χ4n) is 3.00. The summed E-state index contributed by atoms with van der Waals surface area (Å²) in [6.45, 7) is 12.7. The molecule has 0 aromatic heterocycles. The number of rotatable bonds is 14. The second-order valence-electron chi connectivity index (χ2n) is 7.24. The van der Waals surface area contributed by atoms with E-state index < -0.39 is 8.32 Å². The number of quaternary nitrogens is 1. The van der Waals surface area contributed by atoms with Crippen LogP contribution in [0.15, 0.2) is 0 Å². The summed E-state index contributed by atoms with van der Waals surface area (Å²) in [5.41, 5.74) is 0. The van der Waals surface area contributed by atoms with E-state index in [1.807, 2.05) is 0 Å². The van der Waals surface area contributed by atoms with Gasteiger partial charge in [0.25, 0.3) is 0 Å². The van der Waals surface area contributed by atoms with Crippen LogP contribution in [0, 0.1) is 0 Å². The zero-order valence-corrected chi connectivity index (χ0v) is 16.8. The number of unbranched alkanes of at least 4 members (excludes halogenated alkanes) is 5. The van der Waals surface area contributed by atoms with E-state index in [4.69, 9.17) is 4.43 Å². The molecule has 0 aliphatic heterocycles. The summed E-state index contributed by atoms with van der Waals surface area (Å²) in [5.74, 6) is 0. The molecule has 0 atom stereocenters. The summed E-state index contributed by atoms with van der Waals surface area (Å²) >= 11 is 0. The molecule has 0 aliphatic rings. The van der Waals surface area contributed by atoms with E-state index in [2.05, 4.69) is 41.8 Å². The molecule has 0 aromatic rings. The van der Waals surface area contributed by atoms with Gasteiger partial charge in [0.15, 0.2) is 8.32 Å². The minimum absolute atomic E-state index is 0.963. The molecule has 0 unspecified atom stereocenters. The fraction of sp³-hybridized carbons (Fsp3) is 1.00. The van der Waals surface area contributed by atoms with Gasteiger partial charge in [-0.15, -0.1) is 0 Å². The van der Waals surface area contributed by atoms with Gasteiger partial charge in [0.05, 0.1) is 27.2 Å². The third-order valence-corrected chi connectivity index (χ3v) is 9.84. The maximum Gasteiger partial charge on any atom is 0.192 e. The van der Waals surface area contributed by atoms with Crippen LogP contribution in [0.5, 0.6) is 0 Å². The zero-order valence-electron chi connectivity index (χ0n) is 15.8. The monoisotopic (exact) mass is 316 g/mol. The van der Waals surface area contributed by atoms with Crippen LogP contribution >= 0.6 is 0 Å². The average Bonchev–Trinajstić information content (AvgIpc) is 2.48. The lowest BCUT2D eigenvalue weighted by Crippen LogP contribution is -2.45. The first kappa shape index (κ1) is 21.1. The van der Waals surface area contributed by atoms with Crippen molar-refractivity contribution in [2.75, 3.05) is 33.8 Å². The van der Waals surface area contributed by atoms with Gasteiger partial charge < -0.3 is 8.91 Å². The molecule has 2 nitrogen and oxygen atoms in total. The highest BCUT2D eigenvalue weighted by atomic mass is 28.4. The van der Waals surface area contributed by atoms with Crippen LogP contribution in [0.4, 0.5) is 0 Å². The van der Waals surface area contributed by atoms with Crippen LogP contribution in [0.25, 0.3) is 0 Å². The van der Waals surface area contributed by atoms with E-state index in [0.717, 1.165) is 11.1 Å². The minimum atomic E-state index is -1.38. The van der Waals surface area contributed by atoms with Crippen molar-refractivity contribution >= 4 is 8.32 Å². The molecule has 0 saturated heterocycles. The molecular formula is C18H42NOSi+. The molecule has 0 N–H and O–H groups in total. The quantitative estimate of drug-likeness (QED) is 0.235. The summed E-state index contributed by atoms with van der Waals surface area (Å²) in [4.78, 5) is 0. The van der Waals surface area contributed by atoms with Crippen molar-refractivity contribution in [2.24, 2.45) is 0 Å². The first-order valence-electron chi connectivity index (χ1n) is 9.41. The van der Waals surface area contributed by atoms with Crippen molar-refractivity contribution in [3.63, 3.8) is 0 Å². The molecule has 3 heteroatoms. The zero-order chi connectivity index (χ0) is 16.2. The summed E-state index contributed by atoms with van der Waals surface area (Å²) in [6, 6.07) is 3.81. The molecule has 0 fully saturated rings. The van der Waals surface area contributed by atoms with Crippen LogP contribution in [0.1, 0.15) is 66.2 Å². The molecule has 128 valence electrons. The summed E-state index contributed by atoms with van der Waals surface area (Å²) in [7, 11) is 3.35. The van der Waals surface area contributed by atoms with E-state index in [-0.39, 0.29) is 0 Å². The number of hydrogen-bond donors (Lipinski definition) is 0. The molecule has 0 aromatic carbocycles. The Morgan fingerprint density at radius 3 is 1.76 bits per heavy atom. The van der Waals surface area contributed by atoms with E-state index in [1.165, 1.54) is 69.7 Å². The van der Waals surface area contributed by atoms with E-state index in [0.29, 0.717) is 0 Å². The van der Waals surface area contributed by atoms with Gasteiger partial charge in [-0.05, 0) is 31.0 Å². The standard InChI is InChI=1S/C18H42NOSi/c1-7-11-12-13-14-15-16-19(5,6)17-18-20-21(8-2,9-3)10-4/h7-18H2,1-6H3/q+1. The molecule has 0 radical (unpaired) electrons. The molecular weight excluding hydrogens is 274 g/mol. The molecule has 0 bridgehead atoms. The lowest BCUT2D eigenvalue weighted by Gasteiger charge is -2.33. The van der Waals surface area contributed by atoms with E-state index >= 15 is 0 Å². The average molecular weight is 317 g/mol. The van der Waals surface area contributed by atoms with Gasteiger partial charge >= 0.3 is 0 Å². The first-order valence-corrected chi connectivity index (χ1v) is 11.9. The van der Waals surface area contributed by atoms with Gasteiger partial charge in [0.2, 0.25) is 0 Å². The maximum absolute atomic E-state index is 6.40. The van der Waals surface area contributed by atoms with Gasteiger partial charge in [0.1, 0.15) is 6.54 Å². The third kappa shape index (κ3) is 9.70. The fourth-order valence-corrected chi connectivity index (χ4v) is 5.63. The largest absolute Gasteiger partial charge is 0.411 e. The Balaban J connectivity index is 3.86. The predicted octanol–water partition coefficient (Wildman–Crippen LogP) is 5.45. The Morgan fingerprint density at radius 1 is 0.714 bits per heavy atom. The van der Waals surface area contributed by atoms with Crippen molar-refractivity contribution in [3.8, 4) is 0 Å². The highest BCUT2D eigenvalue weighted by Crippen LogP contribution is 2.21. The third-order valence-electron chi connectivity index (χ3n) is 5.15. The Hall–Kier alpha value is 0.137. The second-order valence-corrected chi connectivity index (χ2v) is 12.0. The van der Waals surface area contributed by atoms with Crippen LogP contribution in [-0.4, -0.2) is 46.6 Å². The summed E-state index contributed by atoms with van der Waals surface area (Å²) < 4.78 is 7.52. The predicted molar refractivity (Wildman–Crippen MR) is 98.4 cm³/mol. The highest BCUT2D eigenvalue weighted by Gasteiger charge is 2.29. The van der Waals surface area contributed by atoms with E-state index in [1.54, 1.807) is 0 Å². The van der Waals surface area contributed by atoms with Crippen molar-refractivity contribution in [1.82, 2.24) is 0 Å². The molecule has 0 spiro atoms. The van der Waals surface area contributed by atoms with Crippen LogP contribution < -0.4 is 0 Å². The van der Waals surface area contributed by atoms with Gasteiger partial charge in [0, 0.05) is 0 Å². The van der Waals surface area contributed by atoms with Gasteiger partial charge in [-0.25, -0.2) is 0 Å². The Morgan fingerprint density at radius 2 is 1.24 bits per heavy atom. The Labute approximate surface area is 136 Å².